The minimum atomic E-state index is -1.04. The van der Waals surface area contributed by atoms with Gasteiger partial charge in [-0.1, -0.05) is 25.1 Å². The Labute approximate surface area is 124 Å². The van der Waals surface area contributed by atoms with Crippen molar-refractivity contribution >= 4 is 17.0 Å². The second-order valence-corrected chi connectivity index (χ2v) is 6.26. The Hall–Kier alpha value is -1.97. The van der Waals surface area contributed by atoms with Gasteiger partial charge < -0.3 is 19.4 Å². The van der Waals surface area contributed by atoms with Gasteiger partial charge in [0.25, 0.3) is 0 Å². The van der Waals surface area contributed by atoms with Crippen LogP contribution in [0.15, 0.2) is 18.2 Å². The largest absolute Gasteiger partial charge is 0.530 e. The van der Waals surface area contributed by atoms with Gasteiger partial charge in [-0.25, -0.2) is 0 Å². The number of rotatable bonds is 0. The van der Waals surface area contributed by atoms with Gasteiger partial charge in [0, 0.05) is 37.1 Å². The number of amides is 1. The van der Waals surface area contributed by atoms with E-state index in [-0.39, 0.29) is 0 Å². The highest BCUT2D eigenvalue weighted by Crippen LogP contribution is 2.38. The molecule has 2 aliphatic heterocycles. The van der Waals surface area contributed by atoms with Gasteiger partial charge >= 0.3 is 0 Å². The van der Waals surface area contributed by atoms with Crippen LogP contribution in [0.3, 0.4) is 0 Å². The lowest BCUT2D eigenvalue weighted by atomic mass is 9.93. The lowest BCUT2D eigenvalue weighted by Crippen LogP contribution is -2.42. The Balaban J connectivity index is 1.89. The quantitative estimate of drug-likeness (QED) is 0.741. The number of aromatic nitrogens is 1. The summed E-state index contributed by atoms with van der Waals surface area (Å²) in [4.78, 5) is 12.6. The van der Waals surface area contributed by atoms with E-state index in [1.165, 1.54) is 32.6 Å². The molecule has 1 aromatic heterocycles. The number of hydrogen-bond donors (Lipinski definition) is 0. The molecular weight excluding hydrogens is 264 g/mol. The number of nitrogens with zero attached hydrogens (tertiary/aromatic N) is 2. The zero-order valence-electron chi connectivity index (χ0n) is 12.3. The molecule has 4 rings (SSSR count). The summed E-state index contributed by atoms with van der Waals surface area (Å²) >= 11 is 0. The molecule has 0 aliphatic carbocycles. The summed E-state index contributed by atoms with van der Waals surface area (Å²) in [5, 5.41) is 12.4. The Morgan fingerprint density at radius 2 is 2.05 bits per heavy atom. The zero-order valence-corrected chi connectivity index (χ0v) is 12.3. The molecule has 2 aromatic rings. The van der Waals surface area contributed by atoms with Crippen LogP contribution in [0.5, 0.6) is 0 Å². The molecule has 110 valence electrons. The fraction of sp³-hybridized carbons (Fsp3) is 0.471. The lowest BCUT2D eigenvalue weighted by Gasteiger charge is -2.25. The van der Waals surface area contributed by atoms with Gasteiger partial charge in [0.15, 0.2) is 0 Å². The summed E-state index contributed by atoms with van der Waals surface area (Å²) in [7, 11) is 0. The smallest absolute Gasteiger partial charge is 0.136 e. The van der Waals surface area contributed by atoms with Crippen LogP contribution in [0, 0.1) is 0 Å². The van der Waals surface area contributed by atoms with Gasteiger partial charge in [-0.3, -0.25) is 0 Å². The first-order valence-corrected chi connectivity index (χ1v) is 7.75. The number of carboxylic acid groups (broad SMARTS) is 1. The highest BCUT2D eigenvalue weighted by Gasteiger charge is 2.26. The van der Waals surface area contributed by atoms with Crippen LogP contribution < -0.4 is 5.11 Å². The van der Waals surface area contributed by atoms with Crippen LogP contribution in [0.2, 0.25) is 0 Å². The van der Waals surface area contributed by atoms with Gasteiger partial charge in [0.2, 0.25) is 0 Å². The Morgan fingerprint density at radius 3 is 2.86 bits per heavy atom. The topological polar surface area (TPSA) is 48.3 Å². The van der Waals surface area contributed by atoms with Crippen molar-refractivity contribution in [1.29, 1.82) is 0 Å². The van der Waals surface area contributed by atoms with E-state index in [0.717, 1.165) is 25.8 Å². The first kappa shape index (κ1) is 12.7. The van der Waals surface area contributed by atoms with Crippen LogP contribution in [-0.4, -0.2) is 28.6 Å². The SMILES string of the molecule is CC1CCn2c3c(c4cccc1c42)CCN(C(=O)[O-])CC3. The monoisotopic (exact) mass is 283 g/mol. The maximum Gasteiger partial charge on any atom is 0.136 e. The molecule has 0 N–H and O–H groups in total. The molecule has 1 aromatic carbocycles. The highest BCUT2D eigenvalue weighted by atomic mass is 16.4. The van der Waals surface area contributed by atoms with E-state index in [2.05, 4.69) is 29.7 Å². The molecular formula is C17H19N2O2-. The van der Waals surface area contributed by atoms with Crippen molar-refractivity contribution in [2.24, 2.45) is 0 Å². The Bertz CT molecular complexity index is 732. The van der Waals surface area contributed by atoms with Gasteiger partial charge in [-0.15, -0.1) is 0 Å². The number of carbonyl (C=O) groups excluding carboxylic acids is 1. The van der Waals surface area contributed by atoms with Crippen molar-refractivity contribution in [1.82, 2.24) is 9.47 Å². The van der Waals surface area contributed by atoms with E-state index in [1.807, 2.05) is 0 Å². The van der Waals surface area contributed by atoms with E-state index >= 15 is 0 Å². The van der Waals surface area contributed by atoms with Gasteiger partial charge in [-0.05, 0) is 29.9 Å². The molecule has 1 unspecified atom stereocenters. The third-order valence-electron chi connectivity index (χ3n) is 5.16. The third-order valence-corrected chi connectivity index (χ3v) is 5.16. The molecule has 4 nitrogen and oxygen atoms in total. The van der Waals surface area contributed by atoms with Gasteiger partial charge in [0.05, 0.1) is 5.52 Å². The molecule has 0 spiro atoms. The number of benzene rings is 1. The van der Waals surface area contributed by atoms with Crippen molar-refractivity contribution in [2.45, 2.75) is 38.6 Å². The molecule has 0 fully saturated rings. The maximum atomic E-state index is 11.1. The molecule has 1 amide bonds. The average molecular weight is 283 g/mol. The maximum absolute atomic E-state index is 11.1. The fourth-order valence-electron chi connectivity index (χ4n) is 4.03. The third kappa shape index (κ3) is 1.78. The molecule has 0 radical (unpaired) electrons. The fourth-order valence-corrected chi connectivity index (χ4v) is 4.03. The summed E-state index contributed by atoms with van der Waals surface area (Å²) in [6, 6.07) is 6.59. The summed E-state index contributed by atoms with van der Waals surface area (Å²) in [6.45, 7) is 4.45. The van der Waals surface area contributed by atoms with Crippen LogP contribution in [-0.2, 0) is 19.4 Å². The van der Waals surface area contributed by atoms with Crippen molar-refractivity contribution < 1.29 is 9.90 Å². The predicted octanol–water partition coefficient (Wildman–Crippen LogP) is 1.89. The molecule has 1 atom stereocenters. The lowest BCUT2D eigenvalue weighted by molar-refractivity contribution is -0.265. The van der Waals surface area contributed by atoms with E-state index in [4.69, 9.17) is 0 Å². The molecule has 0 saturated heterocycles. The van der Waals surface area contributed by atoms with Crippen molar-refractivity contribution in [2.75, 3.05) is 13.1 Å². The normalized spacial score (nSPS) is 21.2. The first-order chi connectivity index (χ1) is 10.2. The number of fused-ring (bicyclic) bond motifs is 3. The minimum absolute atomic E-state index is 0.550. The summed E-state index contributed by atoms with van der Waals surface area (Å²) < 4.78 is 2.44. The number of carbonyl (C=O) groups is 1. The second-order valence-electron chi connectivity index (χ2n) is 6.26. The molecule has 2 aliphatic rings. The van der Waals surface area contributed by atoms with Crippen LogP contribution in [0.25, 0.3) is 10.9 Å². The molecule has 3 heterocycles. The van der Waals surface area contributed by atoms with E-state index in [0.29, 0.717) is 19.0 Å². The average Bonchev–Trinajstić information content (AvgIpc) is 2.65. The zero-order chi connectivity index (χ0) is 14.6. The van der Waals surface area contributed by atoms with E-state index in [1.54, 1.807) is 0 Å². The molecule has 4 heteroatoms. The van der Waals surface area contributed by atoms with E-state index < -0.39 is 6.09 Å². The second kappa shape index (κ2) is 4.52. The van der Waals surface area contributed by atoms with Gasteiger partial charge in [0.1, 0.15) is 6.09 Å². The summed E-state index contributed by atoms with van der Waals surface area (Å²) in [5.74, 6) is 0.611. The Morgan fingerprint density at radius 1 is 1.24 bits per heavy atom. The first-order valence-electron chi connectivity index (χ1n) is 7.75. The summed E-state index contributed by atoms with van der Waals surface area (Å²) in [6.07, 6.45) is 1.71. The van der Waals surface area contributed by atoms with Crippen LogP contribution in [0.1, 0.15) is 36.1 Å². The van der Waals surface area contributed by atoms with Crippen LogP contribution >= 0.6 is 0 Å². The van der Waals surface area contributed by atoms with E-state index in [9.17, 15) is 9.90 Å². The van der Waals surface area contributed by atoms with Crippen molar-refractivity contribution in [3.63, 3.8) is 0 Å². The van der Waals surface area contributed by atoms with Crippen molar-refractivity contribution in [3.8, 4) is 0 Å². The summed E-state index contributed by atoms with van der Waals surface area (Å²) in [5.41, 5.74) is 5.53. The predicted molar refractivity (Wildman–Crippen MR) is 79.3 cm³/mol. The number of hydrogen-bond acceptors (Lipinski definition) is 2. The Kier molecular flexibility index (Phi) is 2.74. The standard InChI is InChI=1S/C17H20N2O2/c1-11-5-10-19-15-7-9-18(17(20)21)8-6-13(15)14-4-2-3-12(11)16(14)19/h2-4,11H,5-10H2,1H3,(H,20,21)/p-1. The highest BCUT2D eigenvalue weighted by molar-refractivity contribution is 5.89. The number of aryl methyl sites for hydroxylation is 1. The molecule has 21 heavy (non-hydrogen) atoms. The minimum Gasteiger partial charge on any atom is -0.530 e. The van der Waals surface area contributed by atoms with Crippen LogP contribution in [0.4, 0.5) is 4.79 Å². The molecule has 0 bridgehead atoms. The van der Waals surface area contributed by atoms with Crippen molar-refractivity contribution in [3.05, 3.63) is 35.0 Å². The molecule has 0 saturated carbocycles. The van der Waals surface area contributed by atoms with Gasteiger partial charge in [-0.2, -0.15) is 0 Å². The number of para-hydroxylation sites is 1.